The molecule has 1 atom stereocenters. The number of nitrogens with two attached hydrogens (primary N) is 1. The third-order valence-electron chi connectivity index (χ3n) is 2.92. The number of hydrogen-bond donors (Lipinski definition) is 2. The van der Waals surface area contributed by atoms with Crippen molar-refractivity contribution in [1.29, 1.82) is 0 Å². The molecule has 0 saturated heterocycles. The SMILES string of the molecule is CCCCNC1CCSc2sc(S(N)(=O)=O)cc21.Cl. The molecule has 0 spiro atoms. The number of halogens is 1. The molecule has 2 rings (SSSR count). The van der Waals surface area contributed by atoms with Crippen LogP contribution in [0.1, 0.15) is 37.8 Å². The number of fused-ring (bicyclic) bond motifs is 1. The van der Waals surface area contributed by atoms with Gasteiger partial charge in [-0.25, -0.2) is 13.6 Å². The maximum atomic E-state index is 11.4. The average Bonchev–Trinajstić information content (AvgIpc) is 2.73. The Morgan fingerprint density at radius 1 is 1.53 bits per heavy atom. The molecule has 0 saturated carbocycles. The third-order valence-corrected chi connectivity index (χ3v) is 6.83. The van der Waals surface area contributed by atoms with Gasteiger partial charge in [0.05, 0.1) is 4.21 Å². The summed E-state index contributed by atoms with van der Waals surface area (Å²) in [6, 6.07) is 2.02. The number of thioether (sulfide) groups is 1. The summed E-state index contributed by atoms with van der Waals surface area (Å²) in [5.41, 5.74) is 1.11. The molecule has 1 aromatic rings. The van der Waals surface area contributed by atoms with Crippen LogP contribution < -0.4 is 10.5 Å². The van der Waals surface area contributed by atoms with Crippen LogP contribution in [0.4, 0.5) is 0 Å². The van der Waals surface area contributed by atoms with Crippen LogP contribution in [0.5, 0.6) is 0 Å². The first-order valence-electron chi connectivity index (χ1n) is 6.05. The van der Waals surface area contributed by atoms with Gasteiger partial charge < -0.3 is 5.32 Å². The van der Waals surface area contributed by atoms with Crippen LogP contribution in [0.25, 0.3) is 0 Å². The van der Waals surface area contributed by atoms with Crippen LogP contribution in [0, 0.1) is 0 Å². The Kier molecular flexibility index (Phi) is 6.62. The van der Waals surface area contributed by atoms with Crippen molar-refractivity contribution in [3.05, 3.63) is 11.6 Å². The zero-order valence-electron chi connectivity index (χ0n) is 10.7. The van der Waals surface area contributed by atoms with Crippen molar-refractivity contribution in [3.63, 3.8) is 0 Å². The molecule has 3 N–H and O–H groups in total. The lowest BCUT2D eigenvalue weighted by atomic mass is 10.1. The van der Waals surface area contributed by atoms with E-state index < -0.39 is 10.0 Å². The van der Waals surface area contributed by atoms with E-state index in [9.17, 15) is 8.42 Å². The molecule has 1 aliphatic rings. The molecule has 110 valence electrons. The second-order valence-corrected chi connectivity index (χ2v) is 8.55. The molecule has 0 amide bonds. The predicted octanol–water partition coefficient (Wildman–Crippen LogP) is 2.74. The Morgan fingerprint density at radius 2 is 2.26 bits per heavy atom. The topological polar surface area (TPSA) is 72.2 Å². The van der Waals surface area contributed by atoms with Gasteiger partial charge in [-0.05, 0) is 31.0 Å². The van der Waals surface area contributed by atoms with Gasteiger partial charge in [0, 0.05) is 11.8 Å². The lowest BCUT2D eigenvalue weighted by Gasteiger charge is -2.23. The van der Waals surface area contributed by atoms with Gasteiger partial charge in [0.15, 0.2) is 0 Å². The Hall–Kier alpha value is 0.210. The van der Waals surface area contributed by atoms with E-state index in [1.54, 1.807) is 17.8 Å². The van der Waals surface area contributed by atoms with E-state index in [1.807, 2.05) is 0 Å². The van der Waals surface area contributed by atoms with Crippen molar-refractivity contribution in [3.8, 4) is 0 Å². The second kappa shape index (κ2) is 7.28. The molecule has 0 aromatic carbocycles. The maximum absolute atomic E-state index is 11.4. The average molecular weight is 343 g/mol. The van der Waals surface area contributed by atoms with E-state index in [4.69, 9.17) is 5.14 Å². The number of primary sulfonamides is 1. The smallest absolute Gasteiger partial charge is 0.247 e. The van der Waals surface area contributed by atoms with Crippen LogP contribution in [0.3, 0.4) is 0 Å². The van der Waals surface area contributed by atoms with Crippen molar-refractivity contribution in [2.24, 2.45) is 5.14 Å². The molecule has 1 unspecified atom stereocenters. The predicted molar refractivity (Wildman–Crippen MR) is 83.9 cm³/mol. The lowest BCUT2D eigenvalue weighted by molar-refractivity contribution is 0.502. The fourth-order valence-corrected chi connectivity index (χ4v) is 5.47. The van der Waals surface area contributed by atoms with Crippen molar-refractivity contribution < 1.29 is 8.42 Å². The Bertz CT molecular complexity index is 516. The fraction of sp³-hybridized carbons (Fsp3) is 0.636. The number of thiophene rings is 1. The molecular weight excluding hydrogens is 324 g/mol. The third kappa shape index (κ3) is 4.34. The van der Waals surface area contributed by atoms with Crippen molar-refractivity contribution in [2.75, 3.05) is 12.3 Å². The molecule has 1 aromatic heterocycles. The van der Waals surface area contributed by atoms with Crippen molar-refractivity contribution in [2.45, 2.75) is 40.6 Å². The summed E-state index contributed by atoms with van der Waals surface area (Å²) in [6.07, 6.45) is 3.35. The first-order valence-corrected chi connectivity index (χ1v) is 9.40. The Balaban J connectivity index is 0.00000180. The molecule has 4 nitrogen and oxygen atoms in total. The van der Waals surface area contributed by atoms with Crippen LogP contribution in [-0.2, 0) is 10.0 Å². The lowest BCUT2D eigenvalue weighted by Crippen LogP contribution is -2.24. The highest BCUT2D eigenvalue weighted by molar-refractivity contribution is 8.01. The highest BCUT2D eigenvalue weighted by Crippen LogP contribution is 2.42. The van der Waals surface area contributed by atoms with E-state index in [2.05, 4.69) is 12.2 Å². The highest BCUT2D eigenvalue weighted by atomic mass is 35.5. The summed E-state index contributed by atoms with van der Waals surface area (Å²) >= 11 is 3.02. The van der Waals surface area contributed by atoms with Crippen molar-refractivity contribution >= 4 is 45.5 Å². The van der Waals surface area contributed by atoms with Gasteiger partial charge in [-0.1, -0.05) is 13.3 Å². The number of rotatable bonds is 5. The zero-order chi connectivity index (χ0) is 13.2. The second-order valence-electron chi connectivity index (χ2n) is 4.35. The van der Waals surface area contributed by atoms with Gasteiger partial charge in [0.1, 0.15) is 4.21 Å². The summed E-state index contributed by atoms with van der Waals surface area (Å²) in [6.45, 7) is 3.14. The Morgan fingerprint density at radius 3 is 2.89 bits per heavy atom. The van der Waals surface area contributed by atoms with Gasteiger partial charge in [0.25, 0.3) is 0 Å². The van der Waals surface area contributed by atoms with E-state index >= 15 is 0 Å². The number of hydrogen-bond acceptors (Lipinski definition) is 5. The van der Waals surface area contributed by atoms with Crippen LogP contribution in [0.2, 0.25) is 0 Å². The monoisotopic (exact) mass is 342 g/mol. The summed E-state index contributed by atoms with van der Waals surface area (Å²) < 4.78 is 24.1. The van der Waals surface area contributed by atoms with Gasteiger partial charge in [-0.15, -0.1) is 35.5 Å². The molecule has 0 aliphatic carbocycles. The van der Waals surface area contributed by atoms with Gasteiger partial charge in [-0.3, -0.25) is 0 Å². The van der Waals surface area contributed by atoms with Crippen LogP contribution in [0.15, 0.2) is 14.5 Å². The molecule has 0 fully saturated rings. The minimum absolute atomic E-state index is 0. The zero-order valence-corrected chi connectivity index (χ0v) is 14.0. The molecule has 2 heterocycles. The van der Waals surface area contributed by atoms with Crippen molar-refractivity contribution in [1.82, 2.24) is 5.32 Å². The number of nitrogens with one attached hydrogen (secondary N) is 1. The summed E-state index contributed by atoms with van der Waals surface area (Å²) in [5.74, 6) is 1.03. The van der Waals surface area contributed by atoms with E-state index in [1.165, 1.54) is 11.3 Å². The van der Waals surface area contributed by atoms with E-state index in [0.29, 0.717) is 0 Å². The molecule has 0 radical (unpaired) electrons. The molecule has 19 heavy (non-hydrogen) atoms. The summed E-state index contributed by atoms with van der Waals surface area (Å²) in [4.78, 5) is 0. The fourth-order valence-electron chi connectivity index (χ4n) is 1.95. The summed E-state index contributed by atoms with van der Waals surface area (Å²) in [5, 5.41) is 8.69. The minimum atomic E-state index is -3.57. The normalized spacial score (nSPS) is 18.7. The summed E-state index contributed by atoms with van der Waals surface area (Å²) in [7, 11) is -3.57. The van der Waals surface area contributed by atoms with E-state index in [0.717, 1.165) is 41.3 Å². The van der Waals surface area contributed by atoms with Gasteiger partial charge in [0.2, 0.25) is 10.0 Å². The molecule has 0 bridgehead atoms. The molecular formula is C11H19ClN2O2S3. The number of sulfonamides is 1. The minimum Gasteiger partial charge on any atom is -0.310 e. The first kappa shape index (κ1) is 17.3. The standard InChI is InChI=1S/C11H18N2O2S3.ClH/c1-2-3-5-13-9-4-6-16-11-8(9)7-10(17-11)18(12,14)15;/h7,9,13H,2-6H2,1H3,(H2,12,14,15);1H. The maximum Gasteiger partial charge on any atom is 0.247 e. The largest absolute Gasteiger partial charge is 0.310 e. The highest BCUT2D eigenvalue weighted by Gasteiger charge is 2.25. The molecule has 8 heteroatoms. The molecule has 1 aliphatic heterocycles. The van der Waals surface area contributed by atoms with Gasteiger partial charge in [-0.2, -0.15) is 0 Å². The van der Waals surface area contributed by atoms with Crippen LogP contribution in [-0.4, -0.2) is 20.7 Å². The quantitative estimate of drug-likeness (QED) is 0.807. The van der Waals surface area contributed by atoms with Gasteiger partial charge >= 0.3 is 0 Å². The van der Waals surface area contributed by atoms with Crippen LogP contribution >= 0.6 is 35.5 Å². The Labute approximate surface area is 129 Å². The number of unbranched alkanes of at least 4 members (excludes halogenated alkanes) is 1. The first-order chi connectivity index (χ1) is 8.52. The van der Waals surface area contributed by atoms with E-state index in [-0.39, 0.29) is 22.7 Å².